The zero-order chi connectivity index (χ0) is 16.8. The number of urea groups is 1. The van der Waals surface area contributed by atoms with Crippen molar-refractivity contribution in [3.8, 4) is 5.75 Å². The lowest BCUT2D eigenvalue weighted by Gasteiger charge is -2.17. The maximum atomic E-state index is 12.4. The van der Waals surface area contributed by atoms with Gasteiger partial charge in [0, 0.05) is 25.0 Å². The standard InChI is InChI=1S/C17H23N5O2/c1-2-3-12-24-16-6-4-14(5-7-16)19-17(23)21-10-8-15(13-21)22-11-9-18-20-22/h4-7,9,11,15H,2-3,8,10,12-13H2,1H3,(H,19,23). The molecule has 1 aromatic heterocycles. The SMILES string of the molecule is CCCCOc1ccc(NC(=O)N2CCC(n3ccnn3)C2)cc1. The Morgan fingerprint density at radius 2 is 2.21 bits per heavy atom. The largest absolute Gasteiger partial charge is 0.494 e. The zero-order valence-corrected chi connectivity index (χ0v) is 13.9. The molecule has 24 heavy (non-hydrogen) atoms. The van der Waals surface area contributed by atoms with Crippen LogP contribution in [-0.2, 0) is 0 Å². The summed E-state index contributed by atoms with van der Waals surface area (Å²) in [4.78, 5) is 14.2. The number of nitrogens with zero attached hydrogens (tertiary/aromatic N) is 4. The summed E-state index contributed by atoms with van der Waals surface area (Å²) in [5, 5.41) is 10.8. The molecule has 0 spiro atoms. The van der Waals surface area contributed by atoms with Gasteiger partial charge in [0.25, 0.3) is 0 Å². The zero-order valence-electron chi connectivity index (χ0n) is 13.9. The third-order valence-electron chi connectivity index (χ3n) is 4.14. The quantitative estimate of drug-likeness (QED) is 0.827. The fraction of sp³-hybridized carbons (Fsp3) is 0.471. The molecule has 1 saturated heterocycles. The number of aromatic nitrogens is 3. The van der Waals surface area contributed by atoms with Crippen LogP contribution in [0.5, 0.6) is 5.75 Å². The lowest BCUT2D eigenvalue weighted by molar-refractivity contribution is 0.220. The summed E-state index contributed by atoms with van der Waals surface area (Å²) in [5.74, 6) is 0.828. The van der Waals surface area contributed by atoms with Gasteiger partial charge in [-0.25, -0.2) is 9.48 Å². The highest BCUT2D eigenvalue weighted by Crippen LogP contribution is 2.22. The first-order valence-electron chi connectivity index (χ1n) is 8.41. The molecule has 0 bridgehead atoms. The summed E-state index contributed by atoms with van der Waals surface area (Å²) < 4.78 is 7.44. The second-order valence-corrected chi connectivity index (χ2v) is 5.93. The first-order chi connectivity index (χ1) is 11.8. The fourth-order valence-corrected chi connectivity index (χ4v) is 2.73. The molecule has 7 heteroatoms. The van der Waals surface area contributed by atoms with Crippen molar-refractivity contribution in [1.82, 2.24) is 19.9 Å². The van der Waals surface area contributed by atoms with Crippen LogP contribution in [0.15, 0.2) is 36.7 Å². The molecule has 2 amide bonds. The highest BCUT2D eigenvalue weighted by atomic mass is 16.5. The number of rotatable bonds is 6. The lowest BCUT2D eigenvalue weighted by Crippen LogP contribution is -2.33. The van der Waals surface area contributed by atoms with E-state index in [1.54, 1.807) is 11.1 Å². The van der Waals surface area contributed by atoms with Gasteiger partial charge < -0.3 is 15.0 Å². The van der Waals surface area contributed by atoms with E-state index in [0.717, 1.165) is 37.3 Å². The fourth-order valence-electron chi connectivity index (χ4n) is 2.73. The normalized spacial score (nSPS) is 17.0. The van der Waals surface area contributed by atoms with Crippen LogP contribution >= 0.6 is 0 Å². The van der Waals surface area contributed by atoms with Crippen LogP contribution < -0.4 is 10.1 Å². The third-order valence-corrected chi connectivity index (χ3v) is 4.14. The second-order valence-electron chi connectivity index (χ2n) is 5.93. The molecular formula is C17H23N5O2. The van der Waals surface area contributed by atoms with Gasteiger partial charge in [0.15, 0.2) is 0 Å². The van der Waals surface area contributed by atoms with Gasteiger partial charge >= 0.3 is 6.03 Å². The van der Waals surface area contributed by atoms with E-state index < -0.39 is 0 Å². The first kappa shape index (κ1) is 16.3. The van der Waals surface area contributed by atoms with Crippen molar-refractivity contribution in [1.29, 1.82) is 0 Å². The van der Waals surface area contributed by atoms with E-state index in [9.17, 15) is 4.79 Å². The Morgan fingerprint density at radius 3 is 2.92 bits per heavy atom. The lowest BCUT2D eigenvalue weighted by atomic mass is 10.3. The van der Waals surface area contributed by atoms with Crippen LogP contribution in [0.1, 0.15) is 32.2 Å². The number of nitrogens with one attached hydrogen (secondary N) is 1. The number of hydrogen-bond donors (Lipinski definition) is 1. The Balaban J connectivity index is 1.50. The maximum absolute atomic E-state index is 12.4. The third kappa shape index (κ3) is 4.04. The van der Waals surface area contributed by atoms with Gasteiger partial charge in [-0.05, 0) is 37.1 Å². The summed E-state index contributed by atoms with van der Waals surface area (Å²) in [6.07, 6.45) is 6.54. The van der Waals surface area contributed by atoms with Crippen LogP contribution in [0.3, 0.4) is 0 Å². The minimum Gasteiger partial charge on any atom is -0.494 e. The van der Waals surface area contributed by atoms with Gasteiger partial charge in [-0.2, -0.15) is 0 Å². The maximum Gasteiger partial charge on any atom is 0.321 e. The summed E-state index contributed by atoms with van der Waals surface area (Å²) in [7, 11) is 0. The highest BCUT2D eigenvalue weighted by molar-refractivity contribution is 5.89. The molecule has 1 aliphatic heterocycles. The molecule has 1 N–H and O–H groups in total. The van der Waals surface area contributed by atoms with E-state index >= 15 is 0 Å². The van der Waals surface area contributed by atoms with E-state index in [-0.39, 0.29) is 12.1 Å². The van der Waals surface area contributed by atoms with E-state index in [0.29, 0.717) is 13.1 Å². The number of ether oxygens (including phenoxy) is 1. The Bertz CT molecular complexity index is 642. The van der Waals surface area contributed by atoms with E-state index in [1.807, 2.05) is 35.1 Å². The smallest absolute Gasteiger partial charge is 0.321 e. The van der Waals surface area contributed by atoms with Crippen molar-refractivity contribution in [2.45, 2.75) is 32.2 Å². The molecule has 128 valence electrons. The first-order valence-corrected chi connectivity index (χ1v) is 8.41. The molecule has 1 aromatic carbocycles. The van der Waals surface area contributed by atoms with Gasteiger partial charge in [-0.3, -0.25) is 0 Å². The molecule has 0 aliphatic carbocycles. The predicted molar refractivity (Wildman–Crippen MR) is 91.1 cm³/mol. The minimum atomic E-state index is -0.0859. The Morgan fingerprint density at radius 1 is 1.38 bits per heavy atom. The molecule has 0 radical (unpaired) electrons. The topological polar surface area (TPSA) is 72.3 Å². The van der Waals surface area contributed by atoms with Crippen LogP contribution in [0.25, 0.3) is 0 Å². The van der Waals surface area contributed by atoms with Crippen LogP contribution in [0, 0.1) is 0 Å². The Labute approximate surface area is 141 Å². The number of unbranched alkanes of at least 4 members (excludes halogenated alkanes) is 1. The van der Waals surface area contributed by atoms with Crippen molar-refractivity contribution >= 4 is 11.7 Å². The number of carbonyl (C=O) groups is 1. The second kappa shape index (κ2) is 7.81. The molecule has 2 heterocycles. The summed E-state index contributed by atoms with van der Waals surface area (Å²) in [6, 6.07) is 7.61. The van der Waals surface area contributed by atoms with Crippen LogP contribution in [-0.4, -0.2) is 45.6 Å². The van der Waals surface area contributed by atoms with E-state index in [1.165, 1.54) is 0 Å². The molecule has 1 fully saturated rings. The van der Waals surface area contributed by atoms with Gasteiger partial charge in [0.05, 0.1) is 18.8 Å². The van der Waals surface area contributed by atoms with E-state index in [4.69, 9.17) is 4.74 Å². The van der Waals surface area contributed by atoms with Gasteiger partial charge in [0.1, 0.15) is 5.75 Å². The molecule has 3 rings (SSSR count). The van der Waals surface area contributed by atoms with Gasteiger partial charge in [-0.15, -0.1) is 5.10 Å². The van der Waals surface area contributed by atoms with Crippen molar-refractivity contribution in [3.05, 3.63) is 36.7 Å². The minimum absolute atomic E-state index is 0.0859. The van der Waals surface area contributed by atoms with Gasteiger partial charge in [-0.1, -0.05) is 18.6 Å². The number of benzene rings is 1. The molecule has 1 unspecified atom stereocenters. The number of anilines is 1. The number of hydrogen-bond acceptors (Lipinski definition) is 4. The van der Waals surface area contributed by atoms with Gasteiger partial charge in [0.2, 0.25) is 0 Å². The average Bonchev–Trinajstić information content (AvgIpc) is 3.28. The summed E-state index contributed by atoms with van der Waals surface area (Å²) >= 11 is 0. The highest BCUT2D eigenvalue weighted by Gasteiger charge is 2.27. The van der Waals surface area contributed by atoms with Crippen molar-refractivity contribution < 1.29 is 9.53 Å². The molecule has 1 aliphatic rings. The Kier molecular flexibility index (Phi) is 5.30. The number of likely N-dealkylation sites (tertiary alicyclic amines) is 1. The number of carbonyl (C=O) groups excluding carboxylic acids is 1. The van der Waals surface area contributed by atoms with Crippen LogP contribution in [0.4, 0.5) is 10.5 Å². The van der Waals surface area contributed by atoms with Crippen LogP contribution in [0.2, 0.25) is 0 Å². The molecule has 0 saturated carbocycles. The summed E-state index contributed by atoms with van der Waals surface area (Å²) in [5.41, 5.74) is 0.770. The number of amides is 2. The molecular weight excluding hydrogens is 306 g/mol. The molecule has 7 nitrogen and oxygen atoms in total. The van der Waals surface area contributed by atoms with Crippen molar-refractivity contribution in [2.75, 3.05) is 25.0 Å². The monoisotopic (exact) mass is 329 g/mol. The predicted octanol–water partition coefficient (Wildman–Crippen LogP) is 2.94. The van der Waals surface area contributed by atoms with Crippen molar-refractivity contribution in [2.24, 2.45) is 0 Å². The molecule has 1 atom stereocenters. The molecule has 2 aromatic rings. The summed E-state index contributed by atoms with van der Waals surface area (Å²) in [6.45, 7) is 4.22. The Hall–Kier alpha value is -2.57. The van der Waals surface area contributed by atoms with Crippen molar-refractivity contribution in [3.63, 3.8) is 0 Å². The van der Waals surface area contributed by atoms with E-state index in [2.05, 4.69) is 22.6 Å². The average molecular weight is 329 g/mol.